The van der Waals surface area contributed by atoms with E-state index < -0.39 is 8.60 Å². The number of allylic oxidation sites excluding steroid dienone is 7. The van der Waals surface area contributed by atoms with Crippen molar-refractivity contribution in [2.24, 2.45) is 0 Å². The van der Waals surface area contributed by atoms with E-state index in [-0.39, 0.29) is 10.8 Å². The third-order valence-corrected chi connectivity index (χ3v) is 8.22. The molecular weight excluding hydrogens is 511 g/mol. The molecule has 1 unspecified atom stereocenters. The predicted octanol–water partition coefficient (Wildman–Crippen LogP) is 10.9. The average molecular weight is 555 g/mol. The Morgan fingerprint density at radius 2 is 1.30 bits per heavy atom. The first-order chi connectivity index (χ1) is 19.1. The molecule has 0 bridgehead atoms. The van der Waals surface area contributed by atoms with Gasteiger partial charge in [-0.15, -0.1) is 0 Å². The Balaban J connectivity index is 2.14. The molecule has 0 amide bonds. The molecule has 0 aliphatic rings. The Morgan fingerprint density at radius 3 is 1.85 bits per heavy atom. The number of benzene rings is 3. The van der Waals surface area contributed by atoms with Crippen LogP contribution < -0.4 is 4.52 Å². The Kier molecular flexibility index (Phi) is 11.0. The SMILES string of the molecule is C/C=C\C=C(/C)OP(OC(/C=C\C)=C/C)Oc1ccc(C(C)(C)c2ccccc2)cc1C(C)(C)c1ccccc1. The Hall–Kier alpha value is -3.55. The van der Waals surface area contributed by atoms with Gasteiger partial charge in [0.2, 0.25) is 0 Å². The van der Waals surface area contributed by atoms with Gasteiger partial charge in [-0.25, -0.2) is 0 Å². The Morgan fingerprint density at radius 1 is 0.700 bits per heavy atom. The van der Waals surface area contributed by atoms with Gasteiger partial charge >= 0.3 is 8.60 Å². The molecule has 0 saturated heterocycles. The summed E-state index contributed by atoms with van der Waals surface area (Å²) in [6, 6.07) is 27.7. The van der Waals surface area contributed by atoms with E-state index in [4.69, 9.17) is 13.6 Å². The van der Waals surface area contributed by atoms with Gasteiger partial charge in [0.25, 0.3) is 0 Å². The standard InChI is InChI=1S/C36H43O3P/c1-9-12-20-28(4)37-40(38-32(11-3)19-10-2)39-34-26-25-31(35(5,6)29-21-15-13-16-22-29)27-33(34)36(7,8)30-23-17-14-18-24-30/h9-27H,1-8H3/b12-9-,19-10-,28-20+,32-11+. The topological polar surface area (TPSA) is 27.7 Å². The van der Waals surface area contributed by atoms with Crippen molar-refractivity contribution in [3.8, 4) is 5.75 Å². The molecule has 210 valence electrons. The van der Waals surface area contributed by atoms with E-state index in [0.29, 0.717) is 11.5 Å². The maximum absolute atomic E-state index is 6.64. The van der Waals surface area contributed by atoms with E-state index in [0.717, 1.165) is 11.3 Å². The highest BCUT2D eigenvalue weighted by Gasteiger charge is 2.32. The molecule has 0 aliphatic heterocycles. The van der Waals surface area contributed by atoms with Gasteiger partial charge in [-0.05, 0) is 68.7 Å². The van der Waals surface area contributed by atoms with Crippen molar-refractivity contribution < 1.29 is 13.6 Å². The minimum Gasteiger partial charge on any atom is -0.413 e. The van der Waals surface area contributed by atoms with E-state index >= 15 is 0 Å². The molecule has 0 aliphatic carbocycles. The van der Waals surface area contributed by atoms with E-state index in [1.54, 1.807) is 0 Å². The second-order valence-corrected chi connectivity index (χ2v) is 11.7. The van der Waals surface area contributed by atoms with Gasteiger partial charge in [0.05, 0.1) is 0 Å². The third kappa shape index (κ3) is 7.77. The van der Waals surface area contributed by atoms with Crippen molar-refractivity contribution in [2.75, 3.05) is 0 Å². The van der Waals surface area contributed by atoms with Crippen molar-refractivity contribution >= 4 is 8.60 Å². The number of rotatable bonds is 12. The van der Waals surface area contributed by atoms with Crippen LogP contribution in [-0.2, 0) is 19.9 Å². The fourth-order valence-corrected chi connectivity index (χ4v) is 5.53. The van der Waals surface area contributed by atoms with Crippen LogP contribution in [-0.4, -0.2) is 0 Å². The van der Waals surface area contributed by atoms with E-state index in [1.165, 1.54) is 16.7 Å². The zero-order valence-electron chi connectivity index (χ0n) is 25.1. The molecule has 0 N–H and O–H groups in total. The molecule has 0 heterocycles. The molecule has 40 heavy (non-hydrogen) atoms. The lowest BCUT2D eigenvalue weighted by Gasteiger charge is -2.32. The molecule has 0 radical (unpaired) electrons. The van der Waals surface area contributed by atoms with Crippen LogP contribution >= 0.6 is 8.60 Å². The van der Waals surface area contributed by atoms with Crippen molar-refractivity contribution in [2.45, 2.75) is 66.2 Å². The van der Waals surface area contributed by atoms with E-state index in [9.17, 15) is 0 Å². The highest BCUT2D eigenvalue weighted by Crippen LogP contribution is 2.49. The number of hydrogen-bond acceptors (Lipinski definition) is 3. The summed E-state index contributed by atoms with van der Waals surface area (Å²) >= 11 is 0. The molecule has 3 aromatic carbocycles. The van der Waals surface area contributed by atoms with Gasteiger partial charge in [-0.3, -0.25) is 0 Å². The summed E-state index contributed by atoms with van der Waals surface area (Å²) in [5, 5.41) is 0. The zero-order chi connectivity index (χ0) is 29.2. The summed E-state index contributed by atoms with van der Waals surface area (Å²) in [4.78, 5) is 0. The lowest BCUT2D eigenvalue weighted by molar-refractivity contribution is 0.294. The molecule has 0 spiro atoms. The fourth-order valence-electron chi connectivity index (χ4n) is 4.46. The summed E-state index contributed by atoms with van der Waals surface area (Å²) in [5.41, 5.74) is 4.20. The first kappa shape index (κ1) is 31.0. The van der Waals surface area contributed by atoms with Gasteiger partial charge in [-0.2, -0.15) is 0 Å². The lowest BCUT2D eigenvalue weighted by atomic mass is 9.73. The fraction of sp³-hybridized carbons (Fsp3) is 0.278. The average Bonchev–Trinajstić information content (AvgIpc) is 2.96. The molecule has 0 fully saturated rings. The summed E-state index contributed by atoms with van der Waals surface area (Å²) < 4.78 is 19.1. The Bertz CT molecular complexity index is 1350. The number of hydrogen-bond donors (Lipinski definition) is 0. The highest BCUT2D eigenvalue weighted by molar-refractivity contribution is 7.42. The minimum absolute atomic E-state index is 0.200. The van der Waals surface area contributed by atoms with Gasteiger partial charge in [-0.1, -0.05) is 119 Å². The summed E-state index contributed by atoms with van der Waals surface area (Å²) in [7, 11) is -1.79. The first-order valence-corrected chi connectivity index (χ1v) is 14.9. The van der Waals surface area contributed by atoms with Crippen molar-refractivity contribution in [1.82, 2.24) is 0 Å². The molecule has 3 rings (SSSR count). The zero-order valence-corrected chi connectivity index (χ0v) is 26.0. The van der Waals surface area contributed by atoms with Crippen LogP contribution in [0.2, 0.25) is 0 Å². The molecule has 0 aromatic heterocycles. The monoisotopic (exact) mass is 554 g/mol. The maximum atomic E-state index is 6.64. The highest BCUT2D eigenvalue weighted by atomic mass is 31.2. The minimum atomic E-state index is -1.79. The summed E-state index contributed by atoms with van der Waals surface area (Å²) in [5.74, 6) is 2.14. The smallest absolute Gasteiger partial charge is 0.413 e. The van der Waals surface area contributed by atoms with Crippen LogP contribution in [0.3, 0.4) is 0 Å². The molecule has 0 saturated carbocycles. The molecule has 3 nitrogen and oxygen atoms in total. The van der Waals surface area contributed by atoms with Gasteiger partial charge in [0.1, 0.15) is 17.3 Å². The molecular formula is C36H43O3P. The van der Waals surface area contributed by atoms with E-state index in [2.05, 4.69) is 100 Å². The molecule has 1 atom stereocenters. The third-order valence-electron chi connectivity index (χ3n) is 7.08. The largest absolute Gasteiger partial charge is 0.529 e. The first-order valence-electron chi connectivity index (χ1n) is 13.8. The predicted molar refractivity (Wildman–Crippen MR) is 170 cm³/mol. The maximum Gasteiger partial charge on any atom is 0.529 e. The second-order valence-electron chi connectivity index (χ2n) is 10.7. The van der Waals surface area contributed by atoms with Crippen LogP contribution in [0.4, 0.5) is 0 Å². The van der Waals surface area contributed by atoms with Crippen LogP contribution in [0.1, 0.15) is 77.6 Å². The van der Waals surface area contributed by atoms with Gasteiger partial charge < -0.3 is 13.6 Å². The molecule has 4 heteroatoms. The second kappa shape index (κ2) is 14.2. The van der Waals surface area contributed by atoms with E-state index in [1.807, 2.05) is 70.2 Å². The van der Waals surface area contributed by atoms with Crippen molar-refractivity contribution in [3.05, 3.63) is 149 Å². The van der Waals surface area contributed by atoms with Crippen LogP contribution in [0.25, 0.3) is 0 Å². The summed E-state index contributed by atoms with van der Waals surface area (Å²) in [6.45, 7) is 16.8. The van der Waals surface area contributed by atoms with Crippen LogP contribution in [0, 0.1) is 0 Å². The van der Waals surface area contributed by atoms with Crippen molar-refractivity contribution in [3.63, 3.8) is 0 Å². The lowest BCUT2D eigenvalue weighted by Crippen LogP contribution is -2.23. The molecule has 3 aromatic rings. The van der Waals surface area contributed by atoms with Gasteiger partial charge in [0.15, 0.2) is 0 Å². The Labute approximate surface area is 242 Å². The van der Waals surface area contributed by atoms with Crippen LogP contribution in [0.15, 0.2) is 127 Å². The quantitative estimate of drug-likeness (QED) is 0.127. The normalized spacial score (nSPS) is 14.0. The van der Waals surface area contributed by atoms with Crippen molar-refractivity contribution in [1.29, 1.82) is 0 Å². The van der Waals surface area contributed by atoms with Gasteiger partial charge in [0, 0.05) is 16.4 Å². The van der Waals surface area contributed by atoms with Crippen LogP contribution in [0.5, 0.6) is 5.75 Å². The summed E-state index contributed by atoms with van der Waals surface area (Å²) in [6.07, 6.45) is 11.6.